The highest BCUT2D eigenvalue weighted by Gasteiger charge is 2.37. The zero-order valence-corrected chi connectivity index (χ0v) is 13.2. The maximum absolute atomic E-state index is 12.1. The van der Waals surface area contributed by atoms with Gasteiger partial charge in [-0.1, -0.05) is 6.42 Å². The van der Waals surface area contributed by atoms with Crippen LogP contribution in [0.15, 0.2) is 0 Å². The molecule has 2 heterocycles. The minimum Gasteiger partial charge on any atom is -0.313 e. The van der Waals surface area contributed by atoms with Crippen molar-refractivity contribution in [2.45, 2.75) is 69.1 Å². The Hall–Kier alpha value is -0.170. The van der Waals surface area contributed by atoms with Gasteiger partial charge in [-0.05, 0) is 45.6 Å². The largest absolute Gasteiger partial charge is 0.313 e. The van der Waals surface area contributed by atoms with E-state index in [1.54, 1.807) is 0 Å². The second-order valence-electron chi connectivity index (χ2n) is 6.74. The molecule has 3 aliphatic rings. The zero-order valence-electron chi connectivity index (χ0n) is 12.3. The van der Waals surface area contributed by atoms with Crippen LogP contribution in [0.4, 0.5) is 0 Å². The van der Waals surface area contributed by atoms with Gasteiger partial charge in [-0.15, -0.1) is 0 Å². The predicted octanol–water partition coefficient (Wildman–Crippen LogP) is 0.673. The van der Waals surface area contributed by atoms with E-state index in [9.17, 15) is 8.42 Å². The minimum absolute atomic E-state index is 0.146. The van der Waals surface area contributed by atoms with Gasteiger partial charge in [-0.3, -0.25) is 0 Å². The van der Waals surface area contributed by atoms with Gasteiger partial charge in [-0.25, -0.2) is 13.1 Å². The Morgan fingerprint density at radius 3 is 2.30 bits per heavy atom. The highest BCUT2D eigenvalue weighted by molar-refractivity contribution is 7.89. The first-order valence-electron chi connectivity index (χ1n) is 7.99. The quantitative estimate of drug-likeness (QED) is 0.757. The van der Waals surface area contributed by atoms with Crippen molar-refractivity contribution in [2.24, 2.45) is 0 Å². The number of piperidine rings is 2. The summed E-state index contributed by atoms with van der Waals surface area (Å²) in [5, 5.41) is 3.27. The average Bonchev–Trinajstić information content (AvgIpc) is 3.14. The van der Waals surface area contributed by atoms with Crippen LogP contribution in [-0.4, -0.2) is 56.8 Å². The summed E-state index contributed by atoms with van der Waals surface area (Å²) in [6, 6.07) is 1.86. The van der Waals surface area contributed by atoms with Gasteiger partial charge >= 0.3 is 0 Å². The molecule has 0 aromatic heterocycles. The number of nitrogens with one attached hydrogen (secondary N) is 2. The molecule has 1 aliphatic carbocycles. The molecule has 0 radical (unpaired) electrons. The van der Waals surface area contributed by atoms with Gasteiger partial charge in [0, 0.05) is 30.7 Å². The van der Waals surface area contributed by atoms with E-state index in [-0.39, 0.29) is 11.8 Å². The van der Waals surface area contributed by atoms with E-state index in [0.717, 1.165) is 12.8 Å². The van der Waals surface area contributed by atoms with Crippen LogP contribution in [0.5, 0.6) is 0 Å². The molecule has 2 bridgehead atoms. The Bertz CT molecular complexity index is 422. The van der Waals surface area contributed by atoms with Crippen molar-refractivity contribution in [3.63, 3.8) is 0 Å². The fourth-order valence-corrected chi connectivity index (χ4v) is 4.91. The summed E-state index contributed by atoms with van der Waals surface area (Å²) in [4.78, 5) is 2.46. The van der Waals surface area contributed by atoms with Crippen LogP contribution >= 0.6 is 0 Å². The zero-order chi connectivity index (χ0) is 14.2. The van der Waals surface area contributed by atoms with Gasteiger partial charge in [0.05, 0.1) is 5.75 Å². The maximum atomic E-state index is 12.1. The van der Waals surface area contributed by atoms with Crippen molar-refractivity contribution < 1.29 is 8.42 Å². The third-order valence-electron chi connectivity index (χ3n) is 5.07. The molecule has 2 atom stereocenters. The molecule has 6 heteroatoms. The van der Waals surface area contributed by atoms with E-state index in [4.69, 9.17) is 0 Å². The summed E-state index contributed by atoms with van der Waals surface area (Å²) in [6.45, 7) is 0.583. The third kappa shape index (κ3) is 3.72. The smallest absolute Gasteiger partial charge is 0.213 e. The van der Waals surface area contributed by atoms with Gasteiger partial charge in [0.1, 0.15) is 0 Å². The lowest BCUT2D eigenvalue weighted by Gasteiger charge is -2.47. The highest BCUT2D eigenvalue weighted by atomic mass is 32.2. The Balaban J connectivity index is 1.49. The molecule has 20 heavy (non-hydrogen) atoms. The van der Waals surface area contributed by atoms with E-state index < -0.39 is 10.0 Å². The van der Waals surface area contributed by atoms with Crippen molar-refractivity contribution in [3.05, 3.63) is 0 Å². The monoisotopic (exact) mass is 301 g/mol. The summed E-state index contributed by atoms with van der Waals surface area (Å²) >= 11 is 0. The lowest BCUT2D eigenvalue weighted by molar-refractivity contribution is 0.0536. The van der Waals surface area contributed by atoms with Crippen molar-refractivity contribution >= 4 is 10.0 Å². The van der Waals surface area contributed by atoms with Crippen LogP contribution < -0.4 is 10.0 Å². The fourth-order valence-electron chi connectivity index (χ4n) is 3.71. The number of hydrogen-bond acceptors (Lipinski definition) is 4. The molecular formula is C14H27N3O2S. The number of hydrogen-bond donors (Lipinski definition) is 2. The molecule has 2 aliphatic heterocycles. The Morgan fingerprint density at radius 1 is 1.05 bits per heavy atom. The van der Waals surface area contributed by atoms with Crippen molar-refractivity contribution in [1.29, 1.82) is 0 Å². The SMILES string of the molecule is CN1C2CCCC1CC(NS(=O)(=O)CCNC1CC1)C2. The summed E-state index contributed by atoms with van der Waals surface area (Å²) in [6.07, 6.45) is 8.08. The topological polar surface area (TPSA) is 61.4 Å². The van der Waals surface area contributed by atoms with Crippen LogP contribution in [-0.2, 0) is 10.0 Å². The van der Waals surface area contributed by atoms with Crippen LogP contribution in [0.2, 0.25) is 0 Å². The molecule has 2 unspecified atom stereocenters. The van der Waals surface area contributed by atoms with Crippen LogP contribution in [0.3, 0.4) is 0 Å². The minimum atomic E-state index is -3.13. The van der Waals surface area contributed by atoms with E-state index >= 15 is 0 Å². The van der Waals surface area contributed by atoms with E-state index in [0.29, 0.717) is 24.7 Å². The summed E-state index contributed by atoms with van der Waals surface area (Å²) in [7, 11) is -0.935. The van der Waals surface area contributed by atoms with Gasteiger partial charge in [0.25, 0.3) is 0 Å². The Labute approximate surface area is 122 Å². The van der Waals surface area contributed by atoms with Gasteiger partial charge < -0.3 is 10.2 Å². The first kappa shape index (κ1) is 14.8. The third-order valence-corrected chi connectivity index (χ3v) is 6.50. The second-order valence-corrected chi connectivity index (χ2v) is 8.61. The van der Waals surface area contributed by atoms with Crippen molar-refractivity contribution in [1.82, 2.24) is 14.9 Å². The average molecular weight is 301 g/mol. The molecule has 2 saturated heterocycles. The second kappa shape index (κ2) is 5.91. The molecule has 0 spiro atoms. The molecular weight excluding hydrogens is 274 g/mol. The normalized spacial score (nSPS) is 35.1. The molecule has 5 nitrogen and oxygen atoms in total. The summed E-state index contributed by atoms with van der Waals surface area (Å²) in [5.41, 5.74) is 0. The van der Waals surface area contributed by atoms with Crippen molar-refractivity contribution in [2.75, 3.05) is 19.3 Å². The van der Waals surface area contributed by atoms with Crippen molar-refractivity contribution in [3.8, 4) is 0 Å². The molecule has 0 amide bonds. The van der Waals surface area contributed by atoms with Crippen LogP contribution in [0, 0.1) is 0 Å². The molecule has 2 N–H and O–H groups in total. The lowest BCUT2D eigenvalue weighted by Crippen LogP contribution is -2.55. The summed E-state index contributed by atoms with van der Waals surface area (Å²) in [5.74, 6) is 0.213. The number of rotatable bonds is 6. The number of sulfonamides is 1. The molecule has 0 aromatic rings. The first-order valence-corrected chi connectivity index (χ1v) is 9.64. The maximum Gasteiger partial charge on any atom is 0.213 e. The molecule has 0 aromatic carbocycles. The Kier molecular flexibility index (Phi) is 4.36. The van der Waals surface area contributed by atoms with Crippen LogP contribution in [0.25, 0.3) is 0 Å². The first-order chi connectivity index (χ1) is 9.53. The number of fused-ring (bicyclic) bond motifs is 2. The summed E-state index contributed by atoms with van der Waals surface area (Å²) < 4.78 is 27.2. The van der Waals surface area contributed by atoms with E-state index in [2.05, 4.69) is 22.0 Å². The molecule has 1 saturated carbocycles. The van der Waals surface area contributed by atoms with Gasteiger partial charge in [0.2, 0.25) is 10.0 Å². The molecule has 116 valence electrons. The highest BCUT2D eigenvalue weighted by Crippen LogP contribution is 2.32. The predicted molar refractivity (Wildman–Crippen MR) is 80.2 cm³/mol. The van der Waals surface area contributed by atoms with Gasteiger partial charge in [0.15, 0.2) is 0 Å². The van der Waals surface area contributed by atoms with Crippen LogP contribution in [0.1, 0.15) is 44.9 Å². The fraction of sp³-hybridized carbons (Fsp3) is 1.00. The van der Waals surface area contributed by atoms with E-state index in [1.165, 1.54) is 32.1 Å². The number of nitrogens with zero attached hydrogens (tertiary/aromatic N) is 1. The van der Waals surface area contributed by atoms with Gasteiger partial charge in [-0.2, -0.15) is 0 Å². The molecule has 3 fully saturated rings. The molecule has 3 rings (SSSR count). The lowest BCUT2D eigenvalue weighted by atomic mass is 9.83. The van der Waals surface area contributed by atoms with E-state index in [1.807, 2.05) is 0 Å². The standard InChI is InChI=1S/C14H27N3O2S/c1-17-13-3-2-4-14(17)10-12(9-13)16-20(18,19)8-7-15-11-5-6-11/h11-16H,2-10H2,1H3. The Morgan fingerprint density at radius 2 is 1.70 bits per heavy atom.